The maximum atomic E-state index is 12.7. The van der Waals surface area contributed by atoms with E-state index in [-0.39, 0.29) is 5.91 Å². The number of carbonyl (C=O) groups excluding carboxylic acids is 1. The molecule has 1 heterocycles. The number of rotatable bonds is 7. The molecule has 8 heteroatoms. The van der Waals surface area contributed by atoms with Crippen LogP contribution < -0.4 is 15.9 Å². The van der Waals surface area contributed by atoms with Gasteiger partial charge in [-0.2, -0.15) is 0 Å². The van der Waals surface area contributed by atoms with Gasteiger partial charge in [0.05, 0.1) is 11.9 Å². The lowest BCUT2D eigenvalue weighted by molar-refractivity contribution is -0.115. The molecule has 3 aromatic rings. The van der Waals surface area contributed by atoms with E-state index in [0.29, 0.717) is 17.6 Å². The summed E-state index contributed by atoms with van der Waals surface area (Å²) in [6, 6.07) is 13.4. The molecular formula is C21H25N5O2S. The number of aryl methyl sites for hydroxylation is 2. The molecule has 152 valence electrons. The van der Waals surface area contributed by atoms with E-state index in [9.17, 15) is 4.79 Å². The summed E-state index contributed by atoms with van der Waals surface area (Å²) >= 11 is 1.26. The summed E-state index contributed by atoms with van der Waals surface area (Å²) in [7, 11) is 0. The number of nitrogens with two attached hydrogens (primary N) is 1. The van der Waals surface area contributed by atoms with Crippen LogP contribution in [0.4, 0.5) is 5.69 Å². The van der Waals surface area contributed by atoms with Crippen LogP contribution in [0.2, 0.25) is 0 Å². The van der Waals surface area contributed by atoms with E-state index in [2.05, 4.69) is 15.5 Å². The normalized spacial score (nSPS) is 11.9. The van der Waals surface area contributed by atoms with Gasteiger partial charge in [0, 0.05) is 11.3 Å². The van der Waals surface area contributed by atoms with Crippen LogP contribution in [0.25, 0.3) is 11.4 Å². The summed E-state index contributed by atoms with van der Waals surface area (Å²) in [5.41, 5.74) is 3.71. The Morgan fingerprint density at radius 1 is 1.17 bits per heavy atom. The first kappa shape index (κ1) is 20.7. The Kier molecular flexibility index (Phi) is 6.43. The molecular weight excluding hydrogens is 386 g/mol. The molecule has 1 atom stereocenters. The Morgan fingerprint density at radius 3 is 2.45 bits per heavy atom. The van der Waals surface area contributed by atoms with Crippen molar-refractivity contribution in [3.8, 4) is 17.1 Å². The molecule has 1 aromatic heterocycles. The SMILES string of the molecule is CCOc1ccc(-c2nnc(S[C@@H](C)C(=O)Nc3c(C)cccc3C)n2N)cc1. The first-order chi connectivity index (χ1) is 13.9. The zero-order valence-electron chi connectivity index (χ0n) is 17.0. The zero-order chi connectivity index (χ0) is 21.0. The molecule has 0 aliphatic heterocycles. The largest absolute Gasteiger partial charge is 0.494 e. The van der Waals surface area contributed by atoms with Crippen LogP contribution in [0.5, 0.6) is 5.75 Å². The molecule has 0 bridgehead atoms. The number of hydrogen-bond donors (Lipinski definition) is 2. The van der Waals surface area contributed by atoms with E-state index in [1.165, 1.54) is 16.4 Å². The van der Waals surface area contributed by atoms with Gasteiger partial charge in [0.1, 0.15) is 5.75 Å². The molecule has 1 amide bonds. The van der Waals surface area contributed by atoms with Gasteiger partial charge in [0.15, 0.2) is 5.82 Å². The highest BCUT2D eigenvalue weighted by Crippen LogP contribution is 2.27. The Bertz CT molecular complexity index is 981. The third-order valence-electron chi connectivity index (χ3n) is 4.47. The summed E-state index contributed by atoms with van der Waals surface area (Å²) in [4.78, 5) is 12.7. The topological polar surface area (TPSA) is 95.1 Å². The van der Waals surface area contributed by atoms with Crippen molar-refractivity contribution < 1.29 is 9.53 Å². The summed E-state index contributed by atoms with van der Waals surface area (Å²) < 4.78 is 6.86. The van der Waals surface area contributed by atoms with Gasteiger partial charge in [-0.1, -0.05) is 30.0 Å². The summed E-state index contributed by atoms with van der Waals surface area (Å²) in [6.45, 7) is 8.31. The highest BCUT2D eigenvalue weighted by atomic mass is 32.2. The fourth-order valence-electron chi connectivity index (χ4n) is 2.87. The highest BCUT2D eigenvalue weighted by Gasteiger charge is 2.21. The second kappa shape index (κ2) is 9.00. The van der Waals surface area contributed by atoms with Crippen LogP contribution >= 0.6 is 11.8 Å². The molecule has 0 unspecified atom stereocenters. The minimum Gasteiger partial charge on any atom is -0.494 e. The summed E-state index contributed by atoms with van der Waals surface area (Å²) in [5, 5.41) is 11.4. The average molecular weight is 412 g/mol. The number of amides is 1. The van der Waals surface area contributed by atoms with Crippen molar-refractivity contribution >= 4 is 23.4 Å². The third-order valence-corrected chi connectivity index (χ3v) is 5.53. The van der Waals surface area contributed by atoms with Crippen molar-refractivity contribution in [1.29, 1.82) is 0 Å². The van der Waals surface area contributed by atoms with Crippen LogP contribution in [0.3, 0.4) is 0 Å². The van der Waals surface area contributed by atoms with Crippen LogP contribution in [0.1, 0.15) is 25.0 Å². The Labute approximate surface area is 174 Å². The predicted molar refractivity (Wildman–Crippen MR) is 117 cm³/mol. The molecule has 0 aliphatic rings. The van der Waals surface area contributed by atoms with E-state index in [1.807, 2.05) is 70.2 Å². The fraction of sp³-hybridized carbons (Fsp3) is 0.286. The number of nitrogens with zero attached hydrogens (tertiary/aromatic N) is 3. The van der Waals surface area contributed by atoms with Gasteiger partial charge < -0.3 is 15.9 Å². The van der Waals surface area contributed by atoms with E-state index in [4.69, 9.17) is 10.6 Å². The monoisotopic (exact) mass is 411 g/mol. The van der Waals surface area contributed by atoms with Crippen LogP contribution in [-0.2, 0) is 4.79 Å². The minimum atomic E-state index is -0.395. The lowest BCUT2D eigenvalue weighted by atomic mass is 10.1. The molecule has 7 nitrogen and oxygen atoms in total. The summed E-state index contributed by atoms with van der Waals surface area (Å²) in [5.74, 6) is 7.39. The van der Waals surface area contributed by atoms with E-state index >= 15 is 0 Å². The van der Waals surface area contributed by atoms with Crippen molar-refractivity contribution in [1.82, 2.24) is 14.9 Å². The number of thioether (sulfide) groups is 1. The van der Waals surface area contributed by atoms with Crippen LogP contribution in [0, 0.1) is 13.8 Å². The van der Waals surface area contributed by atoms with Gasteiger partial charge in [-0.25, -0.2) is 4.68 Å². The molecule has 0 fully saturated rings. The quantitative estimate of drug-likeness (QED) is 0.454. The number of nitrogens with one attached hydrogen (secondary N) is 1. The second-order valence-corrected chi connectivity index (χ2v) is 7.96. The van der Waals surface area contributed by atoms with Gasteiger partial charge in [0.25, 0.3) is 0 Å². The smallest absolute Gasteiger partial charge is 0.237 e. The number of nitrogen functional groups attached to an aromatic ring is 1. The first-order valence-corrected chi connectivity index (χ1v) is 10.3. The maximum Gasteiger partial charge on any atom is 0.237 e. The Morgan fingerprint density at radius 2 is 1.83 bits per heavy atom. The molecule has 3 N–H and O–H groups in total. The van der Waals surface area contributed by atoms with Gasteiger partial charge in [0.2, 0.25) is 11.1 Å². The van der Waals surface area contributed by atoms with Crippen molar-refractivity contribution in [2.45, 2.75) is 38.1 Å². The Balaban J connectivity index is 1.71. The summed E-state index contributed by atoms with van der Waals surface area (Å²) in [6.07, 6.45) is 0. The molecule has 0 saturated heterocycles. The number of carbonyl (C=O) groups is 1. The molecule has 0 aliphatic carbocycles. The molecule has 0 radical (unpaired) electrons. The standard InChI is InChI=1S/C21H25N5O2S/c1-5-28-17-11-9-16(10-12-17)19-24-25-21(26(19)22)29-15(4)20(27)23-18-13(2)7-6-8-14(18)3/h6-12,15H,5,22H2,1-4H3,(H,23,27)/t15-/m0/s1. The van der Waals surface area contributed by atoms with Gasteiger partial charge in [-0.05, 0) is 63.1 Å². The van der Waals surface area contributed by atoms with Crippen molar-refractivity contribution in [3.63, 3.8) is 0 Å². The van der Waals surface area contributed by atoms with Crippen LogP contribution in [-0.4, -0.2) is 32.6 Å². The van der Waals surface area contributed by atoms with Gasteiger partial charge in [-0.3, -0.25) is 4.79 Å². The number of benzene rings is 2. The fourth-order valence-corrected chi connectivity index (χ4v) is 3.64. The van der Waals surface area contributed by atoms with E-state index < -0.39 is 5.25 Å². The molecule has 0 saturated carbocycles. The number of ether oxygens (including phenoxy) is 1. The molecule has 2 aromatic carbocycles. The minimum absolute atomic E-state index is 0.113. The number of para-hydroxylation sites is 1. The first-order valence-electron chi connectivity index (χ1n) is 9.38. The van der Waals surface area contributed by atoms with Crippen molar-refractivity contribution in [2.24, 2.45) is 0 Å². The van der Waals surface area contributed by atoms with Crippen molar-refractivity contribution in [3.05, 3.63) is 53.6 Å². The lowest BCUT2D eigenvalue weighted by Gasteiger charge is -2.15. The van der Waals surface area contributed by atoms with Crippen molar-refractivity contribution in [2.75, 3.05) is 17.8 Å². The van der Waals surface area contributed by atoms with Gasteiger partial charge >= 0.3 is 0 Å². The van der Waals surface area contributed by atoms with Crippen LogP contribution in [0.15, 0.2) is 47.6 Å². The number of aromatic nitrogens is 3. The second-order valence-electron chi connectivity index (χ2n) is 6.65. The number of anilines is 1. The molecule has 29 heavy (non-hydrogen) atoms. The molecule has 0 spiro atoms. The molecule has 3 rings (SSSR count). The predicted octanol–water partition coefficient (Wildman–Crippen LogP) is 3.79. The van der Waals surface area contributed by atoms with Gasteiger partial charge in [-0.15, -0.1) is 10.2 Å². The average Bonchev–Trinajstić information content (AvgIpc) is 3.06. The maximum absolute atomic E-state index is 12.7. The van der Waals surface area contributed by atoms with E-state index in [0.717, 1.165) is 28.1 Å². The lowest BCUT2D eigenvalue weighted by Crippen LogP contribution is -2.24. The van der Waals surface area contributed by atoms with E-state index in [1.54, 1.807) is 0 Å². The zero-order valence-corrected chi connectivity index (χ0v) is 17.8. The number of hydrogen-bond acceptors (Lipinski definition) is 6. The Hall–Kier alpha value is -3.00. The third kappa shape index (κ3) is 4.71. The highest BCUT2D eigenvalue weighted by molar-refractivity contribution is 8.00.